The van der Waals surface area contributed by atoms with Crippen molar-refractivity contribution in [2.24, 2.45) is 5.73 Å². The van der Waals surface area contributed by atoms with E-state index in [1.807, 2.05) is 48.5 Å². The third-order valence-corrected chi connectivity index (χ3v) is 3.97. The van der Waals surface area contributed by atoms with Crippen molar-refractivity contribution in [1.29, 1.82) is 0 Å². The van der Waals surface area contributed by atoms with Gasteiger partial charge in [0.1, 0.15) is 0 Å². The monoisotopic (exact) mass is 333 g/mol. The Balaban J connectivity index is 1.82. The van der Waals surface area contributed by atoms with Crippen molar-refractivity contribution in [2.75, 3.05) is 11.9 Å². The number of pyridine rings is 1. The zero-order chi connectivity index (χ0) is 17.6. The van der Waals surface area contributed by atoms with Gasteiger partial charge in [-0.05, 0) is 29.3 Å². The molecule has 0 spiro atoms. The normalized spacial score (nSPS) is 11.7. The largest absolute Gasteiger partial charge is 0.394 e. The maximum absolute atomic E-state index is 11.2. The summed E-state index contributed by atoms with van der Waals surface area (Å²) in [5, 5.41) is 13.0. The van der Waals surface area contributed by atoms with Crippen molar-refractivity contribution in [3.8, 4) is 11.1 Å². The minimum Gasteiger partial charge on any atom is -0.394 e. The smallest absolute Gasteiger partial charge is 0.248 e. The highest BCUT2D eigenvalue weighted by molar-refractivity contribution is 5.93. The van der Waals surface area contributed by atoms with Crippen molar-refractivity contribution in [2.45, 2.75) is 6.04 Å². The van der Waals surface area contributed by atoms with Gasteiger partial charge in [-0.2, -0.15) is 0 Å². The van der Waals surface area contributed by atoms with Gasteiger partial charge in [0.25, 0.3) is 0 Å². The van der Waals surface area contributed by atoms with Gasteiger partial charge in [0.05, 0.1) is 18.3 Å². The van der Waals surface area contributed by atoms with Crippen molar-refractivity contribution in [1.82, 2.24) is 4.98 Å². The van der Waals surface area contributed by atoms with Crippen LogP contribution >= 0.6 is 0 Å². The number of benzene rings is 2. The number of nitrogens with two attached hydrogens (primary N) is 1. The lowest BCUT2D eigenvalue weighted by Crippen LogP contribution is -2.14. The Morgan fingerprint density at radius 2 is 1.76 bits per heavy atom. The number of carbonyl (C=O) groups is 1. The molecule has 1 heterocycles. The summed E-state index contributed by atoms with van der Waals surface area (Å²) in [5.41, 5.74) is 9.38. The summed E-state index contributed by atoms with van der Waals surface area (Å²) < 4.78 is 0. The second-order valence-corrected chi connectivity index (χ2v) is 5.69. The number of hydrogen-bond donors (Lipinski definition) is 3. The number of rotatable bonds is 6. The van der Waals surface area contributed by atoms with Gasteiger partial charge in [0.2, 0.25) is 5.91 Å². The lowest BCUT2D eigenvalue weighted by Gasteiger charge is -2.18. The Labute approximate surface area is 146 Å². The van der Waals surface area contributed by atoms with E-state index in [-0.39, 0.29) is 12.6 Å². The van der Waals surface area contributed by atoms with Crippen LogP contribution in [-0.4, -0.2) is 22.6 Å². The summed E-state index contributed by atoms with van der Waals surface area (Å²) in [6, 6.07) is 18.5. The zero-order valence-corrected chi connectivity index (χ0v) is 13.6. The number of hydrogen-bond acceptors (Lipinski definition) is 4. The van der Waals surface area contributed by atoms with Crippen molar-refractivity contribution < 1.29 is 9.90 Å². The van der Waals surface area contributed by atoms with E-state index < -0.39 is 5.91 Å². The lowest BCUT2D eigenvalue weighted by molar-refractivity contribution is 0.100. The van der Waals surface area contributed by atoms with Crippen molar-refractivity contribution in [3.63, 3.8) is 0 Å². The average molecular weight is 333 g/mol. The Hall–Kier alpha value is -3.18. The number of aliphatic hydroxyl groups excluding tert-OH is 1. The van der Waals surface area contributed by atoms with E-state index in [9.17, 15) is 9.90 Å². The fourth-order valence-corrected chi connectivity index (χ4v) is 2.62. The molecule has 0 saturated carbocycles. The summed E-state index contributed by atoms with van der Waals surface area (Å²) in [7, 11) is 0. The molecule has 1 unspecified atom stereocenters. The first-order valence-corrected chi connectivity index (χ1v) is 7.95. The maximum Gasteiger partial charge on any atom is 0.248 e. The molecule has 5 nitrogen and oxygen atoms in total. The number of nitrogens with zero attached hydrogens (tertiary/aromatic N) is 1. The van der Waals surface area contributed by atoms with Crippen LogP contribution in [0.3, 0.4) is 0 Å². The molecule has 2 aromatic carbocycles. The van der Waals surface area contributed by atoms with Gasteiger partial charge < -0.3 is 16.2 Å². The number of primary amides is 1. The van der Waals surface area contributed by atoms with Crippen LogP contribution in [-0.2, 0) is 0 Å². The molecule has 0 radical (unpaired) electrons. The molecular weight excluding hydrogens is 314 g/mol. The maximum atomic E-state index is 11.2. The van der Waals surface area contributed by atoms with Crippen LogP contribution in [0.25, 0.3) is 11.1 Å². The fraction of sp³-hybridized carbons (Fsp3) is 0.100. The van der Waals surface area contributed by atoms with Crippen LogP contribution in [0.4, 0.5) is 5.69 Å². The quantitative estimate of drug-likeness (QED) is 0.647. The molecule has 1 aromatic heterocycles. The lowest BCUT2D eigenvalue weighted by atomic mass is 10.0. The SMILES string of the molecule is NC(=O)c1ccc(-c2cncc(NC(CO)c3ccccc3)c2)cc1. The summed E-state index contributed by atoms with van der Waals surface area (Å²) in [6.45, 7) is -0.0262. The number of aliphatic hydroxyl groups is 1. The molecule has 0 fully saturated rings. The van der Waals surface area contributed by atoms with Gasteiger partial charge >= 0.3 is 0 Å². The van der Waals surface area contributed by atoms with E-state index in [2.05, 4.69) is 10.3 Å². The Bertz CT molecular complexity index is 848. The van der Waals surface area contributed by atoms with Gasteiger partial charge in [-0.1, -0.05) is 42.5 Å². The molecule has 3 aromatic rings. The molecular formula is C20H19N3O2. The molecule has 0 saturated heterocycles. The van der Waals surface area contributed by atoms with Gasteiger partial charge in [0.15, 0.2) is 0 Å². The van der Waals surface area contributed by atoms with Crippen LogP contribution in [0.15, 0.2) is 73.1 Å². The highest BCUT2D eigenvalue weighted by atomic mass is 16.3. The predicted octanol–water partition coefficient (Wildman–Crippen LogP) is 2.99. The van der Waals surface area contributed by atoms with Gasteiger partial charge in [-0.15, -0.1) is 0 Å². The summed E-state index contributed by atoms with van der Waals surface area (Å²) in [6.07, 6.45) is 3.47. The molecule has 3 rings (SSSR count). The molecule has 4 N–H and O–H groups in total. The molecule has 5 heteroatoms. The van der Waals surface area contributed by atoms with E-state index in [1.54, 1.807) is 24.5 Å². The second kappa shape index (κ2) is 7.59. The number of carbonyl (C=O) groups excluding carboxylic acids is 1. The molecule has 126 valence electrons. The fourth-order valence-electron chi connectivity index (χ4n) is 2.62. The molecule has 25 heavy (non-hydrogen) atoms. The molecule has 1 atom stereocenters. The highest BCUT2D eigenvalue weighted by Gasteiger charge is 2.10. The first-order chi connectivity index (χ1) is 12.2. The Kier molecular flexibility index (Phi) is 5.06. The first kappa shape index (κ1) is 16.7. The first-order valence-electron chi connectivity index (χ1n) is 7.95. The third kappa shape index (κ3) is 4.02. The van der Waals surface area contributed by atoms with Gasteiger partial charge in [0, 0.05) is 23.5 Å². The van der Waals surface area contributed by atoms with E-state index >= 15 is 0 Å². The number of aromatic nitrogens is 1. The van der Waals surface area contributed by atoms with Crippen LogP contribution in [0.2, 0.25) is 0 Å². The number of anilines is 1. The van der Waals surface area contributed by atoms with Gasteiger partial charge in [-0.25, -0.2) is 0 Å². The standard InChI is InChI=1S/C20H19N3O2/c21-20(25)16-8-6-14(7-9-16)17-10-18(12-22-11-17)23-19(13-24)15-4-2-1-3-5-15/h1-12,19,23-24H,13H2,(H2,21,25). The summed E-state index contributed by atoms with van der Waals surface area (Å²) in [5.74, 6) is -0.450. The summed E-state index contributed by atoms with van der Waals surface area (Å²) in [4.78, 5) is 15.4. The van der Waals surface area contributed by atoms with E-state index in [0.29, 0.717) is 5.56 Å². The van der Waals surface area contributed by atoms with E-state index in [4.69, 9.17) is 5.73 Å². The van der Waals surface area contributed by atoms with E-state index in [0.717, 1.165) is 22.4 Å². The predicted molar refractivity (Wildman–Crippen MR) is 98.1 cm³/mol. The minimum absolute atomic E-state index is 0.0262. The van der Waals surface area contributed by atoms with Crippen molar-refractivity contribution in [3.05, 3.63) is 84.2 Å². The molecule has 0 aliphatic heterocycles. The molecule has 0 aliphatic carbocycles. The topological polar surface area (TPSA) is 88.2 Å². The van der Waals surface area contributed by atoms with Crippen LogP contribution in [0.1, 0.15) is 22.0 Å². The van der Waals surface area contributed by atoms with Crippen LogP contribution in [0.5, 0.6) is 0 Å². The second-order valence-electron chi connectivity index (χ2n) is 5.69. The van der Waals surface area contributed by atoms with Crippen LogP contribution < -0.4 is 11.1 Å². The number of nitrogens with one attached hydrogen (secondary N) is 1. The van der Waals surface area contributed by atoms with Crippen molar-refractivity contribution >= 4 is 11.6 Å². The molecule has 0 bridgehead atoms. The Morgan fingerprint density at radius 3 is 2.40 bits per heavy atom. The third-order valence-electron chi connectivity index (χ3n) is 3.97. The summed E-state index contributed by atoms with van der Waals surface area (Å²) >= 11 is 0. The molecule has 0 aliphatic rings. The van der Waals surface area contributed by atoms with Crippen LogP contribution in [0, 0.1) is 0 Å². The average Bonchev–Trinajstić information content (AvgIpc) is 2.67. The number of amides is 1. The highest BCUT2D eigenvalue weighted by Crippen LogP contribution is 2.24. The van der Waals surface area contributed by atoms with Gasteiger partial charge in [-0.3, -0.25) is 9.78 Å². The minimum atomic E-state index is -0.450. The molecule has 1 amide bonds. The zero-order valence-electron chi connectivity index (χ0n) is 13.6. The van der Waals surface area contributed by atoms with E-state index in [1.165, 1.54) is 0 Å². The Morgan fingerprint density at radius 1 is 1.04 bits per heavy atom.